The first kappa shape index (κ1) is 17.0. The summed E-state index contributed by atoms with van der Waals surface area (Å²) in [5.41, 5.74) is 2.62. The molecule has 2 N–H and O–H groups in total. The molecule has 0 unspecified atom stereocenters. The third-order valence-corrected chi connectivity index (χ3v) is 5.33. The molecule has 24 heavy (non-hydrogen) atoms. The number of anilines is 1. The summed E-state index contributed by atoms with van der Waals surface area (Å²) in [7, 11) is 0. The molecule has 0 atom stereocenters. The van der Waals surface area contributed by atoms with Gasteiger partial charge in [-0.05, 0) is 30.2 Å². The molecular formula is C18H22FN3OS. The van der Waals surface area contributed by atoms with Crippen LogP contribution in [-0.2, 0) is 29.6 Å². The fraction of sp³-hybridized carbons (Fsp3) is 0.444. The summed E-state index contributed by atoms with van der Waals surface area (Å²) in [6.45, 7) is 7.71. The number of rotatable bonds is 3. The zero-order chi connectivity index (χ0) is 17.3. The van der Waals surface area contributed by atoms with E-state index < -0.39 is 0 Å². The first-order valence-corrected chi connectivity index (χ1v) is 8.98. The number of carbonyl (C=O) groups excluding carboxylic acids is 1. The van der Waals surface area contributed by atoms with Crippen LogP contribution in [0.4, 0.5) is 10.1 Å². The van der Waals surface area contributed by atoms with Crippen LogP contribution in [0.3, 0.4) is 0 Å². The Balaban J connectivity index is 1.70. The zero-order valence-corrected chi connectivity index (χ0v) is 15.0. The molecule has 0 saturated carbocycles. The van der Waals surface area contributed by atoms with E-state index in [-0.39, 0.29) is 29.2 Å². The summed E-state index contributed by atoms with van der Waals surface area (Å²) in [4.78, 5) is 16.7. The molecule has 0 aliphatic carbocycles. The number of carbonyl (C=O) groups is 1. The molecule has 1 aliphatic heterocycles. The van der Waals surface area contributed by atoms with Crippen LogP contribution >= 0.6 is 11.3 Å². The Morgan fingerprint density at radius 1 is 1.42 bits per heavy atom. The minimum atomic E-state index is -0.309. The van der Waals surface area contributed by atoms with Crippen molar-refractivity contribution in [2.45, 2.75) is 45.6 Å². The molecule has 3 rings (SSSR count). The highest BCUT2D eigenvalue weighted by atomic mass is 32.1. The molecule has 6 heteroatoms. The lowest BCUT2D eigenvalue weighted by Gasteiger charge is -2.19. The number of fused-ring (bicyclic) bond motifs is 1. The maximum atomic E-state index is 14.6. The lowest BCUT2D eigenvalue weighted by molar-refractivity contribution is -0.115. The van der Waals surface area contributed by atoms with Gasteiger partial charge in [0, 0.05) is 17.3 Å². The van der Waals surface area contributed by atoms with Crippen molar-refractivity contribution in [3.05, 3.63) is 45.2 Å². The van der Waals surface area contributed by atoms with Crippen molar-refractivity contribution in [1.82, 2.24) is 10.3 Å². The Bertz CT molecular complexity index is 764. The standard InChI is InChI=1S/C18H22FN3OS/c1-18(2,3)17-21-12(10-24-17)8-15(23)22-14-5-4-11-9-20-7-6-13(11)16(14)19/h4-5,10,20H,6-9H2,1-3H3,(H,22,23). The van der Waals surface area contributed by atoms with Crippen molar-refractivity contribution < 1.29 is 9.18 Å². The van der Waals surface area contributed by atoms with Gasteiger partial charge in [-0.1, -0.05) is 26.8 Å². The highest BCUT2D eigenvalue weighted by Gasteiger charge is 2.20. The Morgan fingerprint density at radius 3 is 2.92 bits per heavy atom. The van der Waals surface area contributed by atoms with Gasteiger partial charge in [0.05, 0.1) is 22.8 Å². The van der Waals surface area contributed by atoms with Gasteiger partial charge in [-0.15, -0.1) is 11.3 Å². The van der Waals surface area contributed by atoms with Crippen LogP contribution in [-0.4, -0.2) is 17.4 Å². The summed E-state index contributed by atoms with van der Waals surface area (Å²) in [6.07, 6.45) is 0.802. The second-order valence-electron chi connectivity index (χ2n) is 7.11. The molecule has 0 spiro atoms. The summed E-state index contributed by atoms with van der Waals surface area (Å²) in [6, 6.07) is 3.52. The van der Waals surface area contributed by atoms with E-state index in [1.54, 1.807) is 17.4 Å². The summed E-state index contributed by atoms with van der Waals surface area (Å²) in [5, 5.41) is 8.80. The Hall–Kier alpha value is -1.79. The molecule has 128 valence electrons. The molecule has 0 saturated heterocycles. The SMILES string of the molecule is CC(C)(C)c1nc(CC(=O)Nc2ccc3c(c2F)CCNC3)cs1. The van der Waals surface area contributed by atoms with Gasteiger partial charge in [-0.2, -0.15) is 0 Å². The van der Waals surface area contributed by atoms with E-state index in [2.05, 4.69) is 36.4 Å². The van der Waals surface area contributed by atoms with E-state index in [0.29, 0.717) is 18.5 Å². The molecule has 1 aromatic carbocycles. The quantitative estimate of drug-likeness (QED) is 0.895. The summed E-state index contributed by atoms with van der Waals surface area (Å²) in [5.74, 6) is -0.551. The highest BCUT2D eigenvalue weighted by Crippen LogP contribution is 2.27. The number of thiazole rings is 1. The molecular weight excluding hydrogens is 325 g/mol. The molecule has 0 fully saturated rings. The lowest BCUT2D eigenvalue weighted by Crippen LogP contribution is -2.25. The monoisotopic (exact) mass is 347 g/mol. The van der Waals surface area contributed by atoms with E-state index in [0.717, 1.165) is 22.8 Å². The first-order valence-electron chi connectivity index (χ1n) is 8.10. The lowest BCUT2D eigenvalue weighted by atomic mass is 9.98. The number of aromatic nitrogens is 1. The molecule has 1 aliphatic rings. The Kier molecular flexibility index (Phi) is 4.69. The largest absolute Gasteiger partial charge is 0.323 e. The van der Waals surface area contributed by atoms with Gasteiger partial charge >= 0.3 is 0 Å². The van der Waals surface area contributed by atoms with E-state index in [4.69, 9.17) is 0 Å². The van der Waals surface area contributed by atoms with E-state index in [1.165, 1.54) is 0 Å². The third kappa shape index (κ3) is 3.65. The third-order valence-electron chi connectivity index (χ3n) is 4.02. The van der Waals surface area contributed by atoms with Crippen molar-refractivity contribution in [1.29, 1.82) is 0 Å². The van der Waals surface area contributed by atoms with Gasteiger partial charge in [-0.25, -0.2) is 9.37 Å². The number of halogens is 1. The summed E-state index contributed by atoms with van der Waals surface area (Å²) < 4.78 is 14.6. The molecule has 1 amide bonds. The van der Waals surface area contributed by atoms with Crippen LogP contribution in [0.25, 0.3) is 0 Å². The van der Waals surface area contributed by atoms with Crippen LogP contribution in [0.15, 0.2) is 17.5 Å². The van der Waals surface area contributed by atoms with Crippen molar-refractivity contribution >= 4 is 22.9 Å². The average Bonchev–Trinajstić information content (AvgIpc) is 2.99. The minimum absolute atomic E-state index is 0.0297. The number of hydrogen-bond acceptors (Lipinski definition) is 4. The predicted molar refractivity (Wildman–Crippen MR) is 95.0 cm³/mol. The fourth-order valence-electron chi connectivity index (χ4n) is 2.72. The molecule has 0 bridgehead atoms. The van der Waals surface area contributed by atoms with E-state index in [1.807, 2.05) is 11.4 Å². The Morgan fingerprint density at radius 2 is 2.21 bits per heavy atom. The van der Waals surface area contributed by atoms with Crippen molar-refractivity contribution in [2.24, 2.45) is 0 Å². The van der Waals surface area contributed by atoms with Gasteiger partial charge in [0.2, 0.25) is 5.91 Å². The second-order valence-corrected chi connectivity index (χ2v) is 7.97. The van der Waals surface area contributed by atoms with Crippen LogP contribution in [0.1, 0.15) is 42.6 Å². The number of nitrogens with one attached hydrogen (secondary N) is 2. The normalized spacial score (nSPS) is 14.3. The van der Waals surface area contributed by atoms with Gasteiger partial charge in [0.25, 0.3) is 0 Å². The number of nitrogens with zero attached hydrogens (tertiary/aromatic N) is 1. The van der Waals surface area contributed by atoms with Crippen molar-refractivity contribution in [3.63, 3.8) is 0 Å². The maximum absolute atomic E-state index is 14.6. The number of hydrogen-bond donors (Lipinski definition) is 2. The highest BCUT2D eigenvalue weighted by molar-refractivity contribution is 7.09. The maximum Gasteiger partial charge on any atom is 0.230 e. The molecule has 2 heterocycles. The summed E-state index contributed by atoms with van der Waals surface area (Å²) >= 11 is 1.55. The molecule has 0 radical (unpaired) electrons. The molecule has 4 nitrogen and oxygen atoms in total. The second kappa shape index (κ2) is 6.61. The van der Waals surface area contributed by atoms with Crippen molar-refractivity contribution in [2.75, 3.05) is 11.9 Å². The van der Waals surface area contributed by atoms with Gasteiger partial charge in [0.1, 0.15) is 5.82 Å². The molecule has 1 aromatic heterocycles. The van der Waals surface area contributed by atoms with Gasteiger partial charge in [0.15, 0.2) is 0 Å². The number of benzene rings is 1. The predicted octanol–water partition coefficient (Wildman–Crippen LogP) is 3.41. The van der Waals surface area contributed by atoms with E-state index >= 15 is 0 Å². The average molecular weight is 347 g/mol. The zero-order valence-electron chi connectivity index (χ0n) is 14.2. The molecule has 2 aromatic rings. The topological polar surface area (TPSA) is 54.0 Å². The van der Waals surface area contributed by atoms with E-state index in [9.17, 15) is 9.18 Å². The fourth-order valence-corrected chi connectivity index (χ4v) is 3.63. The van der Waals surface area contributed by atoms with Crippen LogP contribution in [0.5, 0.6) is 0 Å². The van der Waals surface area contributed by atoms with Crippen molar-refractivity contribution in [3.8, 4) is 0 Å². The van der Waals surface area contributed by atoms with Crippen LogP contribution in [0, 0.1) is 5.82 Å². The Labute approximate surface area is 145 Å². The first-order chi connectivity index (χ1) is 11.3. The smallest absolute Gasteiger partial charge is 0.230 e. The van der Waals surface area contributed by atoms with Crippen LogP contribution in [0.2, 0.25) is 0 Å². The minimum Gasteiger partial charge on any atom is -0.323 e. The number of amides is 1. The van der Waals surface area contributed by atoms with Gasteiger partial charge in [-0.3, -0.25) is 4.79 Å². The van der Waals surface area contributed by atoms with Gasteiger partial charge < -0.3 is 10.6 Å². The van der Waals surface area contributed by atoms with Crippen LogP contribution < -0.4 is 10.6 Å².